The maximum atomic E-state index is 10.9. The topological polar surface area (TPSA) is 83.8 Å². The lowest BCUT2D eigenvalue weighted by Crippen LogP contribution is -2.36. The average molecular weight is 174 g/mol. The molecule has 2 atom stereocenters. The molecule has 0 spiro atoms. The summed E-state index contributed by atoms with van der Waals surface area (Å²) in [7, 11) is 0. The first-order valence-corrected chi connectivity index (χ1v) is 3.69. The second-order valence-corrected chi connectivity index (χ2v) is 2.71. The predicted octanol–water partition coefficient (Wildman–Crippen LogP) is -0.615. The van der Waals surface area contributed by atoms with Gasteiger partial charge in [0, 0.05) is 0 Å². The summed E-state index contributed by atoms with van der Waals surface area (Å²) in [4.78, 5) is 21.3. The van der Waals surface area contributed by atoms with Crippen LogP contribution in [0.2, 0.25) is 0 Å². The Labute approximate surface area is 68.9 Å². The molecule has 2 N–H and O–H groups in total. The summed E-state index contributed by atoms with van der Waals surface area (Å²) in [5.41, 5.74) is 0. The minimum absolute atomic E-state index is 0.238. The predicted molar refractivity (Wildman–Crippen MR) is 37.3 cm³/mol. The van der Waals surface area contributed by atoms with Crippen LogP contribution in [0.15, 0.2) is 0 Å². The van der Waals surface area contributed by atoms with E-state index in [1.807, 2.05) is 0 Å². The number of ether oxygens (including phenoxy) is 1. The molecule has 0 amide bonds. The highest BCUT2D eigenvalue weighted by molar-refractivity contribution is 5.94. The van der Waals surface area contributed by atoms with Gasteiger partial charge in [0.2, 0.25) is 0 Å². The summed E-state index contributed by atoms with van der Waals surface area (Å²) >= 11 is 0. The van der Waals surface area contributed by atoms with Gasteiger partial charge in [-0.2, -0.15) is 0 Å². The van der Waals surface area contributed by atoms with Crippen molar-refractivity contribution in [2.24, 2.45) is 5.92 Å². The summed E-state index contributed by atoms with van der Waals surface area (Å²) in [6.07, 6.45) is 0.145. The Balaban J connectivity index is 2.54. The van der Waals surface area contributed by atoms with Crippen molar-refractivity contribution >= 4 is 11.9 Å². The van der Waals surface area contributed by atoms with E-state index in [1.54, 1.807) is 0 Å². The molecule has 0 bridgehead atoms. The van der Waals surface area contributed by atoms with Crippen molar-refractivity contribution in [1.29, 1.82) is 0 Å². The summed E-state index contributed by atoms with van der Waals surface area (Å²) in [5.74, 6) is -2.95. The van der Waals surface area contributed by atoms with E-state index < -0.39 is 24.0 Å². The Bertz CT molecular complexity index is 200. The van der Waals surface area contributed by atoms with E-state index >= 15 is 0 Å². The monoisotopic (exact) mass is 174 g/mol. The second kappa shape index (κ2) is 3.53. The minimum Gasteiger partial charge on any atom is -0.481 e. The number of esters is 1. The van der Waals surface area contributed by atoms with Crippen LogP contribution in [0, 0.1) is 5.92 Å². The van der Waals surface area contributed by atoms with E-state index in [2.05, 4.69) is 4.74 Å². The largest absolute Gasteiger partial charge is 0.481 e. The van der Waals surface area contributed by atoms with Gasteiger partial charge in [-0.25, -0.2) is 0 Å². The van der Waals surface area contributed by atoms with Crippen LogP contribution in [-0.4, -0.2) is 34.9 Å². The van der Waals surface area contributed by atoms with Gasteiger partial charge in [-0.15, -0.1) is 0 Å². The molecule has 5 nitrogen and oxygen atoms in total. The first-order valence-electron chi connectivity index (χ1n) is 3.69. The number of carboxylic acids is 1. The highest BCUT2D eigenvalue weighted by atomic mass is 16.6. The molecule has 0 aromatic carbocycles. The smallest absolute Gasteiger partial charge is 0.320 e. The highest BCUT2D eigenvalue weighted by Crippen LogP contribution is 2.19. The van der Waals surface area contributed by atoms with Crippen molar-refractivity contribution in [3.8, 4) is 0 Å². The number of carboxylic acid groups (broad SMARTS) is 1. The molecule has 1 aliphatic heterocycles. The fourth-order valence-corrected chi connectivity index (χ4v) is 1.13. The number of hydrogen-bond acceptors (Lipinski definition) is 4. The van der Waals surface area contributed by atoms with Crippen LogP contribution in [0.1, 0.15) is 12.8 Å². The van der Waals surface area contributed by atoms with Gasteiger partial charge in [0.1, 0.15) is 6.10 Å². The SMILES string of the molecule is O=C(O)[C@@H]1CC[C@H](CO)OC1=O. The zero-order valence-corrected chi connectivity index (χ0v) is 6.40. The van der Waals surface area contributed by atoms with Crippen molar-refractivity contribution < 1.29 is 24.5 Å². The molecule has 0 aliphatic carbocycles. The van der Waals surface area contributed by atoms with Crippen LogP contribution < -0.4 is 0 Å². The Hall–Kier alpha value is -1.10. The number of aliphatic hydroxyl groups is 1. The summed E-state index contributed by atoms with van der Waals surface area (Å²) < 4.78 is 4.64. The van der Waals surface area contributed by atoms with Gasteiger partial charge in [-0.05, 0) is 12.8 Å². The molecule has 1 rings (SSSR count). The van der Waals surface area contributed by atoms with Gasteiger partial charge < -0.3 is 14.9 Å². The lowest BCUT2D eigenvalue weighted by molar-refractivity contribution is -0.170. The molecule has 1 saturated heterocycles. The molecule has 5 heteroatoms. The summed E-state index contributed by atoms with van der Waals surface area (Å²) in [6.45, 7) is -0.238. The zero-order chi connectivity index (χ0) is 9.14. The minimum atomic E-state index is -1.16. The number of cyclic esters (lactones) is 1. The number of carbonyl (C=O) groups excluding carboxylic acids is 1. The lowest BCUT2D eigenvalue weighted by atomic mass is 9.98. The first kappa shape index (κ1) is 8.99. The van der Waals surface area contributed by atoms with E-state index in [4.69, 9.17) is 10.2 Å². The molecular formula is C7H10O5. The van der Waals surface area contributed by atoms with Crippen LogP contribution in [0.3, 0.4) is 0 Å². The number of carbonyl (C=O) groups is 2. The van der Waals surface area contributed by atoms with E-state index in [0.717, 1.165) is 0 Å². The van der Waals surface area contributed by atoms with Gasteiger partial charge >= 0.3 is 11.9 Å². The van der Waals surface area contributed by atoms with Crippen LogP contribution in [0.25, 0.3) is 0 Å². The van der Waals surface area contributed by atoms with Crippen molar-refractivity contribution in [2.75, 3.05) is 6.61 Å². The van der Waals surface area contributed by atoms with Crippen molar-refractivity contribution in [1.82, 2.24) is 0 Å². The third-order valence-corrected chi connectivity index (χ3v) is 1.85. The number of rotatable bonds is 2. The van der Waals surface area contributed by atoms with Crippen LogP contribution >= 0.6 is 0 Å². The molecule has 1 fully saturated rings. The third kappa shape index (κ3) is 1.73. The van der Waals surface area contributed by atoms with Gasteiger partial charge in [0.25, 0.3) is 0 Å². The first-order chi connectivity index (χ1) is 5.65. The van der Waals surface area contributed by atoms with E-state index in [1.165, 1.54) is 0 Å². The highest BCUT2D eigenvalue weighted by Gasteiger charge is 2.34. The molecule has 0 aromatic rings. The zero-order valence-electron chi connectivity index (χ0n) is 6.40. The fourth-order valence-electron chi connectivity index (χ4n) is 1.13. The number of aliphatic hydroxyl groups excluding tert-OH is 1. The summed E-state index contributed by atoms with van der Waals surface area (Å²) in [6, 6.07) is 0. The molecule has 68 valence electrons. The molecule has 0 saturated carbocycles. The van der Waals surface area contributed by atoms with Crippen LogP contribution in [0.5, 0.6) is 0 Å². The fraction of sp³-hybridized carbons (Fsp3) is 0.714. The van der Waals surface area contributed by atoms with Gasteiger partial charge in [0.05, 0.1) is 6.61 Å². The molecule has 0 radical (unpaired) electrons. The van der Waals surface area contributed by atoms with E-state index in [9.17, 15) is 9.59 Å². The molecule has 0 unspecified atom stereocenters. The van der Waals surface area contributed by atoms with Gasteiger partial charge in [-0.1, -0.05) is 0 Å². The second-order valence-electron chi connectivity index (χ2n) is 2.71. The van der Waals surface area contributed by atoms with E-state index in [-0.39, 0.29) is 13.0 Å². The van der Waals surface area contributed by atoms with Crippen LogP contribution in [0.4, 0.5) is 0 Å². The Kier molecular flexibility index (Phi) is 2.65. The van der Waals surface area contributed by atoms with Crippen molar-refractivity contribution in [3.05, 3.63) is 0 Å². The normalized spacial score (nSPS) is 29.6. The van der Waals surface area contributed by atoms with Crippen molar-refractivity contribution in [2.45, 2.75) is 18.9 Å². The summed E-state index contributed by atoms with van der Waals surface area (Å²) in [5, 5.41) is 17.1. The lowest BCUT2D eigenvalue weighted by Gasteiger charge is -2.24. The van der Waals surface area contributed by atoms with Gasteiger partial charge in [0.15, 0.2) is 5.92 Å². The van der Waals surface area contributed by atoms with Gasteiger partial charge in [-0.3, -0.25) is 9.59 Å². The average Bonchev–Trinajstić information content (AvgIpc) is 2.03. The Morgan fingerprint density at radius 1 is 1.58 bits per heavy atom. The quantitative estimate of drug-likeness (QED) is 0.430. The molecule has 1 aliphatic rings. The standard InChI is InChI=1S/C7H10O5/c8-3-4-1-2-5(6(9)10)7(11)12-4/h4-5,8H,1-3H2,(H,9,10)/t4-,5+/m1/s1. The number of hydrogen-bond donors (Lipinski definition) is 2. The molecular weight excluding hydrogens is 164 g/mol. The Morgan fingerprint density at radius 2 is 2.25 bits per heavy atom. The van der Waals surface area contributed by atoms with E-state index in [0.29, 0.717) is 6.42 Å². The maximum Gasteiger partial charge on any atom is 0.320 e. The molecule has 1 heterocycles. The van der Waals surface area contributed by atoms with Crippen molar-refractivity contribution in [3.63, 3.8) is 0 Å². The molecule has 12 heavy (non-hydrogen) atoms. The maximum absolute atomic E-state index is 10.9. The molecule has 0 aromatic heterocycles. The number of aliphatic carboxylic acids is 1. The third-order valence-electron chi connectivity index (χ3n) is 1.85. The van der Waals surface area contributed by atoms with Crippen LogP contribution in [-0.2, 0) is 14.3 Å². The Morgan fingerprint density at radius 3 is 2.67 bits per heavy atom.